The van der Waals surface area contributed by atoms with E-state index in [1.165, 1.54) is 0 Å². The molecule has 6 nitrogen and oxygen atoms in total. The molecule has 4 amide bonds. The third-order valence-corrected chi connectivity index (χ3v) is 3.54. The number of carbonyl (C=O) groups excluding carboxylic acids is 4. The quantitative estimate of drug-likeness (QED) is 0.596. The Balaban J connectivity index is 2.39. The Labute approximate surface area is 122 Å². The van der Waals surface area contributed by atoms with Crippen molar-refractivity contribution in [3.05, 3.63) is 35.5 Å². The van der Waals surface area contributed by atoms with E-state index in [-0.39, 0.29) is 24.0 Å². The van der Waals surface area contributed by atoms with Crippen LogP contribution in [0.25, 0.3) is 0 Å². The topological polar surface area (TPSA) is 83.6 Å². The van der Waals surface area contributed by atoms with Crippen LogP contribution in [0.1, 0.15) is 26.7 Å². The number of allylic oxidation sites excluding steroid dienone is 3. The lowest BCUT2D eigenvalue weighted by Gasteiger charge is -2.27. The minimum absolute atomic E-state index is 0.0836. The number of hydrogen-bond acceptors (Lipinski definition) is 4. The first-order chi connectivity index (χ1) is 9.88. The van der Waals surface area contributed by atoms with Crippen LogP contribution >= 0.6 is 0 Å². The number of nitrogens with one attached hydrogen (secondary N) is 1. The molecule has 2 rings (SSSR count). The molecule has 0 aliphatic carbocycles. The van der Waals surface area contributed by atoms with E-state index in [0.29, 0.717) is 5.57 Å². The standard InChI is InChI=1S/C15H16N2O4/c1-4-5-8(2)12-9(3)14(20)17(15(12)21)10-6-7-11(18)16-13(10)19/h4-5,10H,3,6-7H2,1-2H3,(H,16,18,19)/b5-4-,12-8+. The zero-order valence-electron chi connectivity index (χ0n) is 11.9. The van der Waals surface area contributed by atoms with E-state index in [2.05, 4.69) is 11.9 Å². The predicted molar refractivity (Wildman–Crippen MR) is 74.7 cm³/mol. The third-order valence-electron chi connectivity index (χ3n) is 3.54. The van der Waals surface area contributed by atoms with E-state index < -0.39 is 29.7 Å². The molecule has 21 heavy (non-hydrogen) atoms. The fourth-order valence-electron chi connectivity index (χ4n) is 2.55. The summed E-state index contributed by atoms with van der Waals surface area (Å²) in [4.78, 5) is 48.6. The van der Waals surface area contributed by atoms with Crippen LogP contribution in [0.5, 0.6) is 0 Å². The van der Waals surface area contributed by atoms with Crippen molar-refractivity contribution in [3.8, 4) is 0 Å². The molecule has 110 valence electrons. The molecular weight excluding hydrogens is 272 g/mol. The predicted octanol–water partition coefficient (Wildman–Crippen LogP) is 0.609. The molecule has 0 aromatic heterocycles. The van der Waals surface area contributed by atoms with Crippen LogP contribution in [-0.4, -0.2) is 34.6 Å². The Kier molecular flexibility index (Phi) is 3.88. The van der Waals surface area contributed by atoms with Gasteiger partial charge in [0.05, 0.1) is 5.57 Å². The first-order valence-corrected chi connectivity index (χ1v) is 6.63. The van der Waals surface area contributed by atoms with Gasteiger partial charge in [0.2, 0.25) is 11.8 Å². The van der Waals surface area contributed by atoms with Gasteiger partial charge in [-0.05, 0) is 25.8 Å². The Morgan fingerprint density at radius 3 is 2.52 bits per heavy atom. The number of imide groups is 2. The molecule has 1 N–H and O–H groups in total. The van der Waals surface area contributed by atoms with Gasteiger partial charge in [0.25, 0.3) is 11.8 Å². The molecule has 1 atom stereocenters. The lowest BCUT2D eigenvalue weighted by atomic mass is 10.0. The normalized spacial score (nSPS) is 25.9. The van der Waals surface area contributed by atoms with E-state index in [0.717, 1.165) is 4.90 Å². The number of rotatable bonds is 2. The highest BCUT2D eigenvalue weighted by Crippen LogP contribution is 2.30. The van der Waals surface area contributed by atoms with Crippen LogP contribution in [-0.2, 0) is 19.2 Å². The zero-order valence-corrected chi connectivity index (χ0v) is 11.9. The van der Waals surface area contributed by atoms with Crippen LogP contribution in [0.4, 0.5) is 0 Å². The highest BCUT2D eigenvalue weighted by atomic mass is 16.2. The van der Waals surface area contributed by atoms with Crippen LogP contribution in [0.3, 0.4) is 0 Å². The zero-order chi connectivity index (χ0) is 15.7. The van der Waals surface area contributed by atoms with Crippen molar-refractivity contribution >= 4 is 23.6 Å². The van der Waals surface area contributed by atoms with Crippen molar-refractivity contribution in [1.29, 1.82) is 0 Å². The Hall–Kier alpha value is -2.50. The molecule has 0 aromatic rings. The molecule has 0 saturated carbocycles. The van der Waals surface area contributed by atoms with Gasteiger partial charge in [-0.25, -0.2) is 0 Å². The number of piperidine rings is 1. The average Bonchev–Trinajstić information content (AvgIpc) is 2.62. The molecule has 2 aliphatic heterocycles. The maximum absolute atomic E-state index is 12.5. The minimum Gasteiger partial charge on any atom is -0.295 e. The maximum Gasteiger partial charge on any atom is 0.262 e. The molecule has 2 fully saturated rings. The largest absolute Gasteiger partial charge is 0.295 e. The molecule has 0 spiro atoms. The van der Waals surface area contributed by atoms with Crippen molar-refractivity contribution in [2.24, 2.45) is 0 Å². The van der Waals surface area contributed by atoms with Gasteiger partial charge in [0.1, 0.15) is 6.04 Å². The number of likely N-dealkylation sites (tertiary alicyclic amines) is 1. The van der Waals surface area contributed by atoms with Crippen LogP contribution < -0.4 is 5.32 Å². The van der Waals surface area contributed by atoms with Gasteiger partial charge in [0.15, 0.2) is 0 Å². The Bertz CT molecular complexity index is 628. The molecule has 2 heterocycles. The van der Waals surface area contributed by atoms with Gasteiger partial charge in [-0.1, -0.05) is 18.7 Å². The van der Waals surface area contributed by atoms with Crippen molar-refractivity contribution in [2.45, 2.75) is 32.7 Å². The molecular formula is C15H16N2O4. The van der Waals surface area contributed by atoms with Crippen molar-refractivity contribution in [2.75, 3.05) is 0 Å². The van der Waals surface area contributed by atoms with Crippen molar-refractivity contribution < 1.29 is 19.2 Å². The number of carbonyl (C=O) groups is 4. The second-order valence-electron chi connectivity index (χ2n) is 4.98. The Morgan fingerprint density at radius 1 is 1.29 bits per heavy atom. The van der Waals surface area contributed by atoms with Crippen LogP contribution in [0.2, 0.25) is 0 Å². The SMILES string of the molecule is C=C1C(=O)N(C2CCC(=O)NC2=O)C(=O)/C1=C(C)/C=C\C. The van der Waals surface area contributed by atoms with Crippen LogP contribution in [0.15, 0.2) is 35.5 Å². The fraction of sp³-hybridized carbons (Fsp3) is 0.333. The van der Waals surface area contributed by atoms with Gasteiger partial charge in [-0.2, -0.15) is 0 Å². The lowest BCUT2D eigenvalue weighted by Crippen LogP contribution is -2.54. The van der Waals surface area contributed by atoms with Gasteiger partial charge in [-0.3, -0.25) is 29.4 Å². The smallest absolute Gasteiger partial charge is 0.262 e. The molecule has 0 aromatic carbocycles. The molecule has 2 aliphatic rings. The summed E-state index contributed by atoms with van der Waals surface area (Å²) in [5, 5.41) is 2.15. The number of amides is 4. The number of nitrogens with zero attached hydrogens (tertiary/aromatic N) is 1. The lowest BCUT2D eigenvalue weighted by molar-refractivity contribution is -0.149. The summed E-state index contributed by atoms with van der Waals surface area (Å²) in [5.41, 5.74) is 0.929. The molecule has 6 heteroatoms. The Morgan fingerprint density at radius 2 is 1.95 bits per heavy atom. The van der Waals surface area contributed by atoms with Gasteiger partial charge in [0, 0.05) is 12.0 Å². The van der Waals surface area contributed by atoms with E-state index in [1.807, 2.05) is 0 Å². The van der Waals surface area contributed by atoms with Gasteiger partial charge < -0.3 is 0 Å². The average molecular weight is 288 g/mol. The molecule has 0 radical (unpaired) electrons. The third kappa shape index (κ3) is 2.44. The second kappa shape index (κ2) is 5.47. The fourth-order valence-corrected chi connectivity index (χ4v) is 2.55. The first kappa shape index (κ1) is 14.9. The highest BCUT2D eigenvalue weighted by molar-refractivity contribution is 6.26. The summed E-state index contributed by atoms with van der Waals surface area (Å²) in [6.45, 7) is 7.16. The summed E-state index contributed by atoms with van der Waals surface area (Å²) in [5.74, 6) is -2.12. The summed E-state index contributed by atoms with van der Waals surface area (Å²) in [7, 11) is 0. The van der Waals surface area contributed by atoms with Gasteiger partial charge in [-0.15, -0.1) is 0 Å². The molecule has 2 saturated heterocycles. The maximum atomic E-state index is 12.5. The van der Waals surface area contributed by atoms with E-state index in [9.17, 15) is 19.2 Å². The number of hydrogen-bond donors (Lipinski definition) is 1. The molecule has 0 bridgehead atoms. The van der Waals surface area contributed by atoms with E-state index >= 15 is 0 Å². The monoisotopic (exact) mass is 288 g/mol. The van der Waals surface area contributed by atoms with Crippen LogP contribution in [0, 0.1) is 0 Å². The van der Waals surface area contributed by atoms with E-state index in [4.69, 9.17) is 0 Å². The first-order valence-electron chi connectivity index (χ1n) is 6.63. The van der Waals surface area contributed by atoms with Gasteiger partial charge >= 0.3 is 0 Å². The minimum atomic E-state index is -0.949. The summed E-state index contributed by atoms with van der Waals surface area (Å²) >= 11 is 0. The van der Waals surface area contributed by atoms with E-state index in [1.54, 1.807) is 26.0 Å². The second-order valence-corrected chi connectivity index (χ2v) is 4.98. The highest BCUT2D eigenvalue weighted by Gasteiger charge is 2.46. The van der Waals surface area contributed by atoms with Crippen molar-refractivity contribution in [1.82, 2.24) is 10.2 Å². The van der Waals surface area contributed by atoms with Crippen molar-refractivity contribution in [3.63, 3.8) is 0 Å². The summed E-state index contributed by atoms with van der Waals surface area (Å²) < 4.78 is 0. The summed E-state index contributed by atoms with van der Waals surface area (Å²) in [6.07, 6.45) is 3.71. The summed E-state index contributed by atoms with van der Waals surface area (Å²) in [6, 6.07) is -0.949. The molecule has 1 unspecified atom stereocenters.